The first-order valence-electron chi connectivity index (χ1n) is 6.32. The number of nitrogens with one attached hydrogen (secondary N) is 1. The van der Waals surface area contributed by atoms with Crippen molar-refractivity contribution in [3.8, 4) is 0 Å². The van der Waals surface area contributed by atoms with Crippen LogP contribution in [0.4, 0.5) is 5.69 Å². The Kier molecular flexibility index (Phi) is 4.21. The number of carbonyl (C=O) groups is 1. The van der Waals surface area contributed by atoms with Crippen molar-refractivity contribution in [1.82, 2.24) is 4.31 Å². The Balaban J connectivity index is 1.96. The largest absolute Gasteiger partial charge is 0.325 e. The summed E-state index contributed by atoms with van der Waals surface area (Å²) in [5.74, 6) is -0.153. The molecule has 0 atom stereocenters. The first-order valence-corrected chi connectivity index (χ1v) is 7.93. The molecule has 1 aliphatic rings. The average Bonchev–Trinajstić information content (AvgIpc) is 2.35. The predicted molar refractivity (Wildman–Crippen MR) is 74.4 cm³/mol. The summed E-state index contributed by atoms with van der Waals surface area (Å²) in [4.78, 5) is 11.8. The van der Waals surface area contributed by atoms with Gasteiger partial charge in [0.25, 0.3) is 0 Å². The van der Waals surface area contributed by atoms with E-state index in [9.17, 15) is 13.2 Å². The van der Waals surface area contributed by atoms with Crippen LogP contribution in [0.2, 0.25) is 0 Å². The van der Waals surface area contributed by atoms with Crippen molar-refractivity contribution >= 4 is 21.6 Å². The average molecular weight is 282 g/mol. The van der Waals surface area contributed by atoms with Crippen molar-refractivity contribution in [2.24, 2.45) is 0 Å². The van der Waals surface area contributed by atoms with E-state index in [4.69, 9.17) is 0 Å². The fraction of sp³-hybridized carbons (Fsp3) is 0.462. The van der Waals surface area contributed by atoms with Crippen LogP contribution in [-0.2, 0) is 14.8 Å². The van der Waals surface area contributed by atoms with Gasteiger partial charge in [0.2, 0.25) is 15.9 Å². The first kappa shape index (κ1) is 14.0. The van der Waals surface area contributed by atoms with Crippen molar-refractivity contribution < 1.29 is 13.2 Å². The van der Waals surface area contributed by atoms with Crippen LogP contribution in [0.25, 0.3) is 0 Å². The first-order chi connectivity index (χ1) is 8.97. The third kappa shape index (κ3) is 3.78. The molecule has 1 saturated heterocycles. The molecular formula is C13H18N2O3S. The van der Waals surface area contributed by atoms with Crippen molar-refractivity contribution in [2.45, 2.75) is 19.8 Å². The van der Waals surface area contributed by atoms with Crippen LogP contribution in [0.3, 0.4) is 0 Å². The van der Waals surface area contributed by atoms with E-state index in [1.807, 2.05) is 19.1 Å². The second-order valence-corrected chi connectivity index (χ2v) is 6.86. The lowest BCUT2D eigenvalue weighted by Gasteiger charge is -2.25. The molecule has 0 spiro atoms. The molecule has 0 bridgehead atoms. The standard InChI is InChI=1S/C13H18N2O3S/c1-11-4-6-12(7-5-11)14-13(16)10-15-8-2-3-9-19(15,17)18/h4-7H,2-3,8-10H2,1H3,(H,14,16). The fourth-order valence-corrected chi connectivity index (χ4v) is 3.56. The molecule has 1 aliphatic heterocycles. The molecule has 0 aromatic heterocycles. The Labute approximate surface area is 113 Å². The number of anilines is 1. The topological polar surface area (TPSA) is 66.5 Å². The maximum Gasteiger partial charge on any atom is 0.239 e. The van der Waals surface area contributed by atoms with Gasteiger partial charge in [-0.1, -0.05) is 17.7 Å². The van der Waals surface area contributed by atoms with Crippen LogP contribution in [0.5, 0.6) is 0 Å². The molecule has 1 fully saturated rings. The third-order valence-electron chi connectivity index (χ3n) is 3.11. The molecule has 0 radical (unpaired) electrons. The molecule has 1 aromatic rings. The second kappa shape index (κ2) is 5.71. The van der Waals surface area contributed by atoms with Crippen LogP contribution in [0.15, 0.2) is 24.3 Å². The van der Waals surface area contributed by atoms with Gasteiger partial charge in [0.15, 0.2) is 0 Å². The number of nitrogens with zero attached hydrogens (tertiary/aromatic N) is 1. The van der Waals surface area contributed by atoms with E-state index >= 15 is 0 Å². The summed E-state index contributed by atoms with van der Waals surface area (Å²) in [7, 11) is -3.25. The van der Waals surface area contributed by atoms with E-state index in [0.29, 0.717) is 18.7 Å². The van der Waals surface area contributed by atoms with Crippen molar-refractivity contribution in [3.05, 3.63) is 29.8 Å². The summed E-state index contributed by atoms with van der Waals surface area (Å²) in [6.45, 7) is 2.30. The molecule has 1 N–H and O–H groups in total. The number of aryl methyl sites for hydroxylation is 1. The van der Waals surface area contributed by atoms with E-state index in [-0.39, 0.29) is 18.2 Å². The van der Waals surface area contributed by atoms with E-state index < -0.39 is 10.0 Å². The summed E-state index contributed by atoms with van der Waals surface area (Å²) in [5.41, 5.74) is 1.79. The summed E-state index contributed by atoms with van der Waals surface area (Å²) in [6, 6.07) is 7.40. The minimum absolute atomic E-state index is 0.101. The number of rotatable bonds is 3. The van der Waals surface area contributed by atoms with E-state index in [1.54, 1.807) is 12.1 Å². The Hall–Kier alpha value is -1.40. The number of hydrogen-bond donors (Lipinski definition) is 1. The Morgan fingerprint density at radius 3 is 2.58 bits per heavy atom. The van der Waals surface area contributed by atoms with Gasteiger partial charge in [0.1, 0.15) is 0 Å². The lowest BCUT2D eigenvalue weighted by Crippen LogP contribution is -2.42. The Bertz CT molecular complexity index is 552. The number of benzene rings is 1. The lowest BCUT2D eigenvalue weighted by molar-refractivity contribution is -0.116. The number of sulfonamides is 1. The zero-order chi connectivity index (χ0) is 13.9. The number of amides is 1. The summed E-state index contributed by atoms with van der Waals surface area (Å²) in [5, 5.41) is 2.71. The maximum atomic E-state index is 11.8. The van der Waals surface area contributed by atoms with Gasteiger partial charge in [-0.2, -0.15) is 4.31 Å². The van der Waals surface area contributed by atoms with Crippen LogP contribution in [0, 0.1) is 6.92 Å². The van der Waals surface area contributed by atoms with E-state index in [2.05, 4.69) is 5.32 Å². The molecule has 19 heavy (non-hydrogen) atoms. The lowest BCUT2D eigenvalue weighted by atomic mass is 10.2. The van der Waals surface area contributed by atoms with E-state index in [0.717, 1.165) is 12.0 Å². The van der Waals surface area contributed by atoms with Crippen LogP contribution < -0.4 is 5.32 Å². The van der Waals surface area contributed by atoms with Gasteiger partial charge in [-0.05, 0) is 31.9 Å². The molecular weight excluding hydrogens is 264 g/mol. The molecule has 1 aromatic carbocycles. The molecule has 1 heterocycles. The van der Waals surface area contributed by atoms with Gasteiger partial charge < -0.3 is 5.32 Å². The highest BCUT2D eigenvalue weighted by Gasteiger charge is 2.27. The highest BCUT2D eigenvalue weighted by Crippen LogP contribution is 2.14. The van der Waals surface area contributed by atoms with Gasteiger partial charge in [-0.25, -0.2) is 8.42 Å². The van der Waals surface area contributed by atoms with Gasteiger partial charge in [-0.15, -0.1) is 0 Å². The van der Waals surface area contributed by atoms with Crippen LogP contribution >= 0.6 is 0 Å². The summed E-state index contributed by atoms with van der Waals surface area (Å²) >= 11 is 0. The van der Waals surface area contributed by atoms with Gasteiger partial charge in [-0.3, -0.25) is 4.79 Å². The number of hydrogen-bond acceptors (Lipinski definition) is 3. The third-order valence-corrected chi connectivity index (χ3v) is 5.01. The minimum Gasteiger partial charge on any atom is -0.325 e. The van der Waals surface area contributed by atoms with Crippen molar-refractivity contribution in [1.29, 1.82) is 0 Å². The smallest absolute Gasteiger partial charge is 0.239 e. The minimum atomic E-state index is -3.25. The van der Waals surface area contributed by atoms with Gasteiger partial charge >= 0.3 is 0 Å². The molecule has 5 nitrogen and oxygen atoms in total. The summed E-state index contributed by atoms with van der Waals surface area (Å²) < 4.78 is 24.8. The molecule has 0 saturated carbocycles. The van der Waals surface area contributed by atoms with Crippen LogP contribution in [0.1, 0.15) is 18.4 Å². The molecule has 0 aliphatic carbocycles. The Morgan fingerprint density at radius 2 is 1.95 bits per heavy atom. The van der Waals surface area contributed by atoms with Crippen LogP contribution in [-0.4, -0.2) is 37.5 Å². The van der Waals surface area contributed by atoms with Gasteiger partial charge in [0, 0.05) is 12.2 Å². The van der Waals surface area contributed by atoms with Crippen molar-refractivity contribution in [2.75, 3.05) is 24.2 Å². The molecule has 2 rings (SSSR count). The normalized spacial score (nSPS) is 19.0. The predicted octanol–water partition coefficient (Wildman–Crippen LogP) is 1.36. The Morgan fingerprint density at radius 1 is 1.26 bits per heavy atom. The van der Waals surface area contributed by atoms with E-state index in [1.165, 1.54) is 4.31 Å². The molecule has 0 unspecified atom stereocenters. The monoisotopic (exact) mass is 282 g/mol. The molecule has 6 heteroatoms. The van der Waals surface area contributed by atoms with Crippen molar-refractivity contribution in [3.63, 3.8) is 0 Å². The second-order valence-electron chi connectivity index (χ2n) is 4.77. The highest BCUT2D eigenvalue weighted by molar-refractivity contribution is 7.89. The van der Waals surface area contributed by atoms with Gasteiger partial charge in [0.05, 0.1) is 12.3 Å². The molecule has 104 valence electrons. The zero-order valence-corrected chi connectivity index (χ0v) is 11.7. The number of carbonyl (C=O) groups excluding carboxylic acids is 1. The quantitative estimate of drug-likeness (QED) is 0.910. The zero-order valence-electron chi connectivity index (χ0n) is 10.9. The highest BCUT2D eigenvalue weighted by atomic mass is 32.2. The maximum absolute atomic E-state index is 11.8. The summed E-state index contributed by atoms with van der Waals surface area (Å²) in [6.07, 6.45) is 1.50. The molecule has 1 amide bonds. The fourth-order valence-electron chi connectivity index (χ4n) is 2.02. The SMILES string of the molecule is Cc1ccc(NC(=O)CN2CCCCS2(=O)=O)cc1.